The number of carbonyl (C=O) groups is 1. The number of methoxy groups -OCH3 is 1. The van der Waals surface area contributed by atoms with E-state index in [9.17, 15) is 4.79 Å². The van der Waals surface area contributed by atoms with Crippen LogP contribution in [0.15, 0.2) is 30.5 Å². The number of anilines is 1. The summed E-state index contributed by atoms with van der Waals surface area (Å²) in [5.74, 6) is 0.318. The Morgan fingerprint density at radius 1 is 1.37 bits per heavy atom. The maximum atomic E-state index is 11.4. The zero-order chi connectivity index (χ0) is 13.8. The predicted molar refractivity (Wildman–Crippen MR) is 74.0 cm³/mol. The Hall–Kier alpha value is -2.17. The van der Waals surface area contributed by atoms with Crippen molar-refractivity contribution in [3.05, 3.63) is 30.5 Å². The third kappa shape index (κ3) is 2.99. The fourth-order valence-electron chi connectivity index (χ4n) is 1.91. The standard InChI is InChI=1S/C14H17N3O2/c1-10(14(18)19-3)9-17(2)13-8-15-11-6-4-5-7-12(11)16-13/h4-8,10H,9H2,1-3H3. The van der Waals surface area contributed by atoms with Crippen molar-refractivity contribution in [2.75, 3.05) is 25.6 Å². The van der Waals surface area contributed by atoms with E-state index in [0.29, 0.717) is 6.54 Å². The smallest absolute Gasteiger partial charge is 0.310 e. The zero-order valence-electron chi connectivity index (χ0n) is 11.3. The molecule has 0 spiro atoms. The monoisotopic (exact) mass is 259 g/mol. The van der Waals surface area contributed by atoms with Crippen molar-refractivity contribution in [2.24, 2.45) is 5.92 Å². The molecule has 0 aliphatic heterocycles. The molecular weight excluding hydrogens is 242 g/mol. The summed E-state index contributed by atoms with van der Waals surface area (Å²) < 4.78 is 4.72. The fourth-order valence-corrected chi connectivity index (χ4v) is 1.91. The van der Waals surface area contributed by atoms with Crippen molar-refractivity contribution >= 4 is 22.8 Å². The van der Waals surface area contributed by atoms with Gasteiger partial charge in [-0.2, -0.15) is 0 Å². The molecule has 0 radical (unpaired) electrons. The summed E-state index contributed by atoms with van der Waals surface area (Å²) in [6.07, 6.45) is 1.71. The molecule has 0 bridgehead atoms. The minimum absolute atomic E-state index is 0.205. The molecule has 1 unspecified atom stereocenters. The van der Waals surface area contributed by atoms with E-state index in [4.69, 9.17) is 4.74 Å². The summed E-state index contributed by atoms with van der Waals surface area (Å²) in [5.41, 5.74) is 1.71. The number of hydrogen-bond acceptors (Lipinski definition) is 5. The second kappa shape index (κ2) is 5.65. The Morgan fingerprint density at radius 2 is 2.05 bits per heavy atom. The summed E-state index contributed by atoms with van der Waals surface area (Å²) in [6, 6.07) is 7.70. The van der Waals surface area contributed by atoms with Crippen LogP contribution in [0.5, 0.6) is 0 Å². The number of benzene rings is 1. The first-order valence-corrected chi connectivity index (χ1v) is 6.12. The number of rotatable bonds is 4. The van der Waals surface area contributed by atoms with E-state index in [-0.39, 0.29) is 11.9 Å². The lowest BCUT2D eigenvalue weighted by atomic mass is 10.2. The van der Waals surface area contributed by atoms with Crippen LogP contribution in [0.3, 0.4) is 0 Å². The first-order chi connectivity index (χ1) is 9.11. The fraction of sp³-hybridized carbons (Fsp3) is 0.357. The van der Waals surface area contributed by atoms with Crippen LogP contribution in [0.25, 0.3) is 11.0 Å². The van der Waals surface area contributed by atoms with Gasteiger partial charge in [0.2, 0.25) is 0 Å². The maximum absolute atomic E-state index is 11.4. The van der Waals surface area contributed by atoms with Crippen molar-refractivity contribution in [3.8, 4) is 0 Å². The molecule has 0 aliphatic rings. The van der Waals surface area contributed by atoms with Gasteiger partial charge in [0, 0.05) is 13.6 Å². The average molecular weight is 259 g/mol. The summed E-state index contributed by atoms with van der Waals surface area (Å²) in [7, 11) is 3.28. The molecule has 2 rings (SSSR count). The first-order valence-electron chi connectivity index (χ1n) is 6.12. The number of hydrogen-bond donors (Lipinski definition) is 0. The van der Waals surface area contributed by atoms with E-state index >= 15 is 0 Å². The van der Waals surface area contributed by atoms with Crippen molar-refractivity contribution < 1.29 is 9.53 Å². The SMILES string of the molecule is COC(=O)C(C)CN(C)c1cnc2ccccc2n1. The topological polar surface area (TPSA) is 55.3 Å². The number of ether oxygens (including phenoxy) is 1. The minimum atomic E-state index is -0.222. The lowest BCUT2D eigenvalue weighted by molar-refractivity contribution is -0.144. The highest BCUT2D eigenvalue weighted by molar-refractivity contribution is 5.75. The van der Waals surface area contributed by atoms with Gasteiger partial charge >= 0.3 is 5.97 Å². The molecule has 1 heterocycles. The van der Waals surface area contributed by atoms with Crippen molar-refractivity contribution in [1.82, 2.24) is 9.97 Å². The highest BCUT2D eigenvalue weighted by atomic mass is 16.5. The number of esters is 1. The van der Waals surface area contributed by atoms with Gasteiger partial charge in [0.15, 0.2) is 0 Å². The summed E-state index contributed by atoms with van der Waals surface area (Å²) in [4.78, 5) is 22.2. The van der Waals surface area contributed by atoms with Gasteiger partial charge in [-0.05, 0) is 12.1 Å². The van der Waals surface area contributed by atoms with Crippen molar-refractivity contribution in [3.63, 3.8) is 0 Å². The minimum Gasteiger partial charge on any atom is -0.469 e. The molecule has 0 fully saturated rings. The highest BCUT2D eigenvalue weighted by Crippen LogP contribution is 2.15. The molecule has 5 heteroatoms. The molecular formula is C14H17N3O2. The Kier molecular flexibility index (Phi) is 3.94. The van der Waals surface area contributed by atoms with Crippen LogP contribution in [0.1, 0.15) is 6.92 Å². The van der Waals surface area contributed by atoms with Crippen LogP contribution < -0.4 is 4.90 Å². The molecule has 1 aromatic heterocycles. The van der Waals surface area contributed by atoms with E-state index in [1.165, 1.54) is 7.11 Å². The van der Waals surface area contributed by atoms with E-state index in [1.54, 1.807) is 6.20 Å². The second-order valence-electron chi connectivity index (χ2n) is 4.52. The van der Waals surface area contributed by atoms with Gasteiger partial charge in [0.25, 0.3) is 0 Å². The largest absolute Gasteiger partial charge is 0.469 e. The molecule has 0 aliphatic carbocycles. The van der Waals surface area contributed by atoms with E-state index in [0.717, 1.165) is 16.9 Å². The normalized spacial score (nSPS) is 12.2. The average Bonchev–Trinajstić information content (AvgIpc) is 2.45. The molecule has 0 N–H and O–H groups in total. The van der Waals surface area contributed by atoms with E-state index < -0.39 is 0 Å². The zero-order valence-corrected chi connectivity index (χ0v) is 11.3. The highest BCUT2D eigenvalue weighted by Gasteiger charge is 2.16. The van der Waals surface area contributed by atoms with Crippen LogP contribution >= 0.6 is 0 Å². The van der Waals surface area contributed by atoms with Gasteiger partial charge in [-0.3, -0.25) is 9.78 Å². The molecule has 2 aromatic rings. The number of fused-ring (bicyclic) bond motifs is 1. The summed E-state index contributed by atoms with van der Waals surface area (Å²) in [6.45, 7) is 2.37. The third-order valence-electron chi connectivity index (χ3n) is 2.98. The van der Waals surface area contributed by atoms with Gasteiger partial charge in [-0.1, -0.05) is 19.1 Å². The predicted octanol–water partition coefficient (Wildman–Crippen LogP) is 1.88. The van der Waals surface area contributed by atoms with Crippen LogP contribution in [0.4, 0.5) is 5.82 Å². The van der Waals surface area contributed by atoms with Gasteiger partial charge in [0.1, 0.15) is 5.82 Å². The number of nitrogens with zero attached hydrogens (tertiary/aromatic N) is 3. The van der Waals surface area contributed by atoms with Crippen LogP contribution in [-0.4, -0.2) is 36.6 Å². The number of carbonyl (C=O) groups excluding carboxylic acids is 1. The van der Waals surface area contributed by atoms with Crippen LogP contribution in [0, 0.1) is 5.92 Å². The van der Waals surface area contributed by atoms with Crippen LogP contribution in [-0.2, 0) is 9.53 Å². The lowest BCUT2D eigenvalue weighted by Gasteiger charge is -2.21. The molecule has 0 amide bonds. The Balaban J connectivity index is 2.17. The maximum Gasteiger partial charge on any atom is 0.310 e. The first kappa shape index (κ1) is 13.3. The molecule has 19 heavy (non-hydrogen) atoms. The molecule has 0 saturated heterocycles. The van der Waals surface area contributed by atoms with Crippen molar-refractivity contribution in [2.45, 2.75) is 6.92 Å². The lowest BCUT2D eigenvalue weighted by Crippen LogP contribution is -2.29. The molecule has 1 atom stereocenters. The Morgan fingerprint density at radius 3 is 2.74 bits per heavy atom. The number of para-hydroxylation sites is 2. The molecule has 5 nitrogen and oxygen atoms in total. The van der Waals surface area contributed by atoms with Gasteiger partial charge < -0.3 is 9.64 Å². The second-order valence-corrected chi connectivity index (χ2v) is 4.52. The van der Waals surface area contributed by atoms with E-state index in [1.807, 2.05) is 43.1 Å². The van der Waals surface area contributed by atoms with Gasteiger partial charge in [0.05, 0.1) is 30.3 Å². The van der Waals surface area contributed by atoms with Gasteiger partial charge in [-0.15, -0.1) is 0 Å². The van der Waals surface area contributed by atoms with Crippen LogP contribution in [0.2, 0.25) is 0 Å². The van der Waals surface area contributed by atoms with E-state index in [2.05, 4.69) is 9.97 Å². The molecule has 100 valence electrons. The number of aromatic nitrogens is 2. The Bertz CT molecular complexity index is 586. The molecule has 0 saturated carbocycles. The molecule has 1 aromatic carbocycles. The van der Waals surface area contributed by atoms with Gasteiger partial charge in [-0.25, -0.2) is 4.98 Å². The third-order valence-corrected chi connectivity index (χ3v) is 2.98. The summed E-state index contributed by atoms with van der Waals surface area (Å²) in [5, 5.41) is 0. The van der Waals surface area contributed by atoms with Crippen molar-refractivity contribution in [1.29, 1.82) is 0 Å². The Labute approximate surface area is 112 Å². The summed E-state index contributed by atoms with van der Waals surface area (Å²) >= 11 is 0. The quantitative estimate of drug-likeness (QED) is 0.785.